The van der Waals surface area contributed by atoms with Gasteiger partial charge in [-0.1, -0.05) is 5.16 Å². The Hall–Kier alpha value is -2.96. The lowest BCUT2D eigenvalue weighted by Crippen LogP contribution is -2.26. The minimum absolute atomic E-state index is 0.0970. The Labute approximate surface area is 139 Å². The molecule has 0 saturated heterocycles. The zero-order valence-electron chi connectivity index (χ0n) is 13.5. The van der Waals surface area contributed by atoms with Gasteiger partial charge in [0.1, 0.15) is 11.5 Å². The first kappa shape index (κ1) is 15.9. The number of carbonyl (C=O) groups excluding carboxylic acids is 1. The Morgan fingerprint density at radius 2 is 2.04 bits per heavy atom. The average molecular weight is 326 g/mol. The van der Waals surface area contributed by atoms with Gasteiger partial charge in [-0.15, -0.1) is 0 Å². The third kappa shape index (κ3) is 3.87. The molecule has 3 heterocycles. The SMILES string of the molecule is Cc1ccc([C@H](C)NC(=O)CCc2nc(-c3ccncc3)no2)o1. The van der Waals surface area contributed by atoms with Crippen LogP contribution in [0.4, 0.5) is 0 Å². The number of hydrogen-bond donors (Lipinski definition) is 1. The van der Waals surface area contributed by atoms with Crippen LogP contribution in [0.2, 0.25) is 0 Å². The van der Waals surface area contributed by atoms with E-state index in [4.69, 9.17) is 8.94 Å². The number of furan rings is 1. The zero-order chi connectivity index (χ0) is 16.9. The topological polar surface area (TPSA) is 94.1 Å². The molecule has 7 nitrogen and oxygen atoms in total. The van der Waals surface area contributed by atoms with Crippen LogP contribution >= 0.6 is 0 Å². The highest BCUT2D eigenvalue weighted by Gasteiger charge is 2.14. The van der Waals surface area contributed by atoms with Crippen molar-refractivity contribution in [2.24, 2.45) is 0 Å². The van der Waals surface area contributed by atoms with E-state index in [1.807, 2.05) is 26.0 Å². The van der Waals surface area contributed by atoms with Gasteiger partial charge in [-0.25, -0.2) is 0 Å². The lowest BCUT2D eigenvalue weighted by Gasteiger charge is -2.10. The molecule has 0 saturated carbocycles. The first-order valence-corrected chi connectivity index (χ1v) is 7.70. The molecule has 0 radical (unpaired) electrons. The number of carbonyl (C=O) groups is 1. The Bertz CT molecular complexity index is 810. The van der Waals surface area contributed by atoms with Crippen LogP contribution < -0.4 is 5.32 Å². The van der Waals surface area contributed by atoms with Crippen LogP contribution in [0.15, 0.2) is 45.6 Å². The van der Waals surface area contributed by atoms with Crippen molar-refractivity contribution in [1.29, 1.82) is 0 Å². The van der Waals surface area contributed by atoms with Crippen LogP contribution in [0, 0.1) is 6.92 Å². The normalized spacial score (nSPS) is 12.1. The van der Waals surface area contributed by atoms with E-state index in [2.05, 4.69) is 20.4 Å². The van der Waals surface area contributed by atoms with Gasteiger partial charge >= 0.3 is 0 Å². The van der Waals surface area contributed by atoms with E-state index in [-0.39, 0.29) is 18.4 Å². The number of nitrogens with zero attached hydrogens (tertiary/aromatic N) is 3. The summed E-state index contributed by atoms with van der Waals surface area (Å²) in [4.78, 5) is 20.3. The summed E-state index contributed by atoms with van der Waals surface area (Å²) in [5.74, 6) is 2.38. The number of aryl methyl sites for hydroxylation is 2. The smallest absolute Gasteiger partial charge is 0.227 e. The number of hydrogen-bond acceptors (Lipinski definition) is 6. The summed E-state index contributed by atoms with van der Waals surface area (Å²) in [5.41, 5.74) is 0.825. The van der Waals surface area contributed by atoms with Crippen molar-refractivity contribution in [2.45, 2.75) is 32.7 Å². The third-order valence-electron chi connectivity index (χ3n) is 3.54. The van der Waals surface area contributed by atoms with E-state index in [0.717, 1.165) is 17.1 Å². The van der Waals surface area contributed by atoms with E-state index in [1.54, 1.807) is 24.5 Å². The molecule has 7 heteroatoms. The summed E-state index contributed by atoms with van der Waals surface area (Å²) >= 11 is 0. The summed E-state index contributed by atoms with van der Waals surface area (Å²) in [6, 6.07) is 7.15. The molecule has 0 spiro atoms. The quantitative estimate of drug-likeness (QED) is 0.748. The molecule has 0 unspecified atom stereocenters. The first-order valence-electron chi connectivity index (χ1n) is 7.70. The highest BCUT2D eigenvalue weighted by Crippen LogP contribution is 2.17. The second kappa shape index (κ2) is 7.08. The van der Waals surface area contributed by atoms with Crippen molar-refractivity contribution < 1.29 is 13.7 Å². The highest BCUT2D eigenvalue weighted by atomic mass is 16.5. The van der Waals surface area contributed by atoms with E-state index in [1.165, 1.54) is 0 Å². The predicted octanol–water partition coefficient (Wildman–Crippen LogP) is 2.84. The molecule has 3 aromatic heterocycles. The lowest BCUT2D eigenvalue weighted by molar-refractivity contribution is -0.121. The minimum Gasteiger partial charge on any atom is -0.464 e. The molecule has 1 N–H and O–H groups in total. The molecular weight excluding hydrogens is 308 g/mol. The molecule has 3 rings (SSSR count). The largest absolute Gasteiger partial charge is 0.464 e. The van der Waals surface area contributed by atoms with Gasteiger partial charge in [-0.05, 0) is 38.1 Å². The molecule has 0 fully saturated rings. The van der Waals surface area contributed by atoms with Crippen molar-refractivity contribution in [1.82, 2.24) is 20.4 Å². The summed E-state index contributed by atoms with van der Waals surface area (Å²) in [7, 11) is 0. The maximum absolute atomic E-state index is 12.0. The van der Waals surface area contributed by atoms with Crippen molar-refractivity contribution in [3.8, 4) is 11.4 Å². The van der Waals surface area contributed by atoms with Crippen LogP contribution in [-0.4, -0.2) is 21.0 Å². The van der Waals surface area contributed by atoms with Crippen LogP contribution in [0.3, 0.4) is 0 Å². The molecule has 0 aliphatic heterocycles. The van der Waals surface area contributed by atoms with E-state index in [9.17, 15) is 4.79 Å². The van der Waals surface area contributed by atoms with Gasteiger partial charge in [0.2, 0.25) is 17.6 Å². The number of rotatable bonds is 6. The Kier molecular flexibility index (Phi) is 4.69. The zero-order valence-corrected chi connectivity index (χ0v) is 13.5. The average Bonchev–Trinajstić information content (AvgIpc) is 3.23. The predicted molar refractivity (Wildman–Crippen MR) is 85.9 cm³/mol. The van der Waals surface area contributed by atoms with Crippen LogP contribution in [0.25, 0.3) is 11.4 Å². The van der Waals surface area contributed by atoms with Gasteiger partial charge in [0.15, 0.2) is 0 Å². The Balaban J connectivity index is 1.52. The van der Waals surface area contributed by atoms with Crippen molar-refractivity contribution >= 4 is 5.91 Å². The fraction of sp³-hybridized carbons (Fsp3) is 0.294. The van der Waals surface area contributed by atoms with Gasteiger partial charge in [0, 0.05) is 30.8 Å². The van der Waals surface area contributed by atoms with Crippen molar-refractivity contribution in [3.63, 3.8) is 0 Å². The molecule has 24 heavy (non-hydrogen) atoms. The van der Waals surface area contributed by atoms with Gasteiger partial charge in [-0.2, -0.15) is 4.98 Å². The van der Waals surface area contributed by atoms with Crippen molar-refractivity contribution in [3.05, 3.63) is 54.1 Å². The second-order valence-corrected chi connectivity index (χ2v) is 5.49. The van der Waals surface area contributed by atoms with Gasteiger partial charge in [-0.3, -0.25) is 9.78 Å². The number of nitrogens with one attached hydrogen (secondary N) is 1. The summed E-state index contributed by atoms with van der Waals surface area (Å²) < 4.78 is 10.7. The van der Waals surface area contributed by atoms with E-state index < -0.39 is 0 Å². The maximum atomic E-state index is 12.0. The van der Waals surface area contributed by atoms with Crippen molar-refractivity contribution in [2.75, 3.05) is 0 Å². The number of aromatic nitrogens is 3. The summed E-state index contributed by atoms with van der Waals surface area (Å²) in [5, 5.41) is 6.80. The first-order chi connectivity index (χ1) is 11.6. The van der Waals surface area contributed by atoms with E-state index in [0.29, 0.717) is 18.1 Å². The molecule has 3 aromatic rings. The maximum Gasteiger partial charge on any atom is 0.227 e. The molecule has 1 atom stereocenters. The summed E-state index contributed by atoms with van der Waals surface area (Å²) in [6.45, 7) is 3.75. The molecule has 124 valence electrons. The third-order valence-corrected chi connectivity index (χ3v) is 3.54. The monoisotopic (exact) mass is 326 g/mol. The van der Waals surface area contributed by atoms with Gasteiger partial charge < -0.3 is 14.3 Å². The van der Waals surface area contributed by atoms with Crippen LogP contribution in [-0.2, 0) is 11.2 Å². The standard InChI is InChI=1S/C17H18N4O3/c1-11-3-4-14(23-11)12(2)19-15(22)5-6-16-20-17(21-24-16)13-7-9-18-10-8-13/h3-4,7-10,12H,5-6H2,1-2H3,(H,19,22)/t12-/m0/s1. The fourth-order valence-corrected chi connectivity index (χ4v) is 2.27. The fourth-order valence-electron chi connectivity index (χ4n) is 2.27. The number of amides is 1. The van der Waals surface area contributed by atoms with Gasteiger partial charge in [0.25, 0.3) is 0 Å². The summed E-state index contributed by atoms with van der Waals surface area (Å²) in [6.07, 6.45) is 3.98. The lowest BCUT2D eigenvalue weighted by atomic mass is 10.2. The van der Waals surface area contributed by atoms with Crippen LogP contribution in [0.5, 0.6) is 0 Å². The molecule has 1 amide bonds. The highest BCUT2D eigenvalue weighted by molar-refractivity contribution is 5.76. The van der Waals surface area contributed by atoms with E-state index >= 15 is 0 Å². The molecule has 0 aliphatic carbocycles. The minimum atomic E-state index is -0.179. The molecule has 0 aromatic carbocycles. The molecular formula is C17H18N4O3. The number of pyridine rings is 1. The second-order valence-electron chi connectivity index (χ2n) is 5.49. The molecule has 0 aliphatic rings. The Morgan fingerprint density at radius 1 is 1.25 bits per heavy atom. The molecule has 0 bridgehead atoms. The van der Waals surface area contributed by atoms with Crippen LogP contribution in [0.1, 0.15) is 36.8 Å². The Morgan fingerprint density at radius 3 is 2.75 bits per heavy atom. The van der Waals surface area contributed by atoms with Gasteiger partial charge in [0.05, 0.1) is 6.04 Å².